The van der Waals surface area contributed by atoms with E-state index in [9.17, 15) is 5.11 Å². The monoisotopic (exact) mass is 180 g/mol. The van der Waals surface area contributed by atoms with Gasteiger partial charge in [-0.1, -0.05) is 0 Å². The number of nitrogens with one attached hydrogen (secondary N) is 1. The third-order valence-electron chi connectivity index (χ3n) is 2.07. The zero-order valence-electron chi connectivity index (χ0n) is 7.23. The molecule has 0 amide bonds. The Morgan fingerprint density at radius 1 is 1.62 bits per heavy atom. The fourth-order valence-electron chi connectivity index (χ4n) is 1.42. The van der Waals surface area contributed by atoms with Gasteiger partial charge in [0.2, 0.25) is 0 Å². The third-order valence-corrected chi connectivity index (χ3v) is 2.07. The highest BCUT2D eigenvalue weighted by Gasteiger charge is 2.18. The van der Waals surface area contributed by atoms with E-state index in [1.807, 2.05) is 0 Å². The van der Waals surface area contributed by atoms with Crippen LogP contribution in [0.5, 0.6) is 5.75 Å². The Morgan fingerprint density at radius 3 is 3.23 bits per heavy atom. The molecule has 1 aliphatic heterocycles. The van der Waals surface area contributed by atoms with Crippen LogP contribution in [0.1, 0.15) is 11.7 Å². The first-order valence-corrected chi connectivity index (χ1v) is 4.33. The second kappa shape index (κ2) is 3.72. The third kappa shape index (κ3) is 1.79. The van der Waals surface area contributed by atoms with Gasteiger partial charge in [0, 0.05) is 12.7 Å². The minimum Gasteiger partial charge on any atom is -0.506 e. The number of ether oxygens (including phenoxy) is 1. The van der Waals surface area contributed by atoms with Gasteiger partial charge in [-0.3, -0.25) is 4.98 Å². The lowest BCUT2D eigenvalue weighted by molar-refractivity contribution is 0.0747. The van der Waals surface area contributed by atoms with Crippen molar-refractivity contribution in [3.05, 3.63) is 24.0 Å². The molecule has 1 unspecified atom stereocenters. The molecule has 0 radical (unpaired) electrons. The summed E-state index contributed by atoms with van der Waals surface area (Å²) in [6, 6.07) is 3.37. The number of hydrogen-bond donors (Lipinski definition) is 2. The summed E-state index contributed by atoms with van der Waals surface area (Å²) in [6.45, 7) is 2.11. The predicted octanol–water partition coefficient (Wildman–Crippen LogP) is 0.448. The SMILES string of the molecule is Oc1cccnc1C1COCCN1. The molecule has 1 fully saturated rings. The van der Waals surface area contributed by atoms with E-state index in [1.54, 1.807) is 18.3 Å². The predicted molar refractivity (Wildman–Crippen MR) is 47.5 cm³/mol. The Balaban J connectivity index is 2.18. The molecule has 1 aromatic heterocycles. The van der Waals surface area contributed by atoms with E-state index in [1.165, 1.54) is 0 Å². The van der Waals surface area contributed by atoms with Crippen molar-refractivity contribution in [2.45, 2.75) is 6.04 Å². The van der Waals surface area contributed by atoms with Gasteiger partial charge < -0.3 is 15.2 Å². The van der Waals surface area contributed by atoms with Crippen LogP contribution in [0.3, 0.4) is 0 Å². The fourth-order valence-corrected chi connectivity index (χ4v) is 1.42. The van der Waals surface area contributed by atoms with Crippen LogP contribution in [0.25, 0.3) is 0 Å². The molecule has 0 bridgehead atoms. The topological polar surface area (TPSA) is 54.4 Å². The largest absolute Gasteiger partial charge is 0.506 e. The first-order valence-electron chi connectivity index (χ1n) is 4.33. The van der Waals surface area contributed by atoms with Crippen LogP contribution in [0.15, 0.2) is 18.3 Å². The van der Waals surface area contributed by atoms with Crippen molar-refractivity contribution in [3.63, 3.8) is 0 Å². The van der Waals surface area contributed by atoms with Crippen molar-refractivity contribution in [2.24, 2.45) is 0 Å². The van der Waals surface area contributed by atoms with Crippen molar-refractivity contribution < 1.29 is 9.84 Å². The van der Waals surface area contributed by atoms with Gasteiger partial charge in [0.25, 0.3) is 0 Å². The molecular weight excluding hydrogens is 168 g/mol. The van der Waals surface area contributed by atoms with Crippen molar-refractivity contribution in [1.29, 1.82) is 0 Å². The van der Waals surface area contributed by atoms with Crippen LogP contribution in [-0.4, -0.2) is 29.8 Å². The van der Waals surface area contributed by atoms with E-state index in [-0.39, 0.29) is 11.8 Å². The average molecular weight is 180 g/mol. The molecule has 0 saturated carbocycles. The molecule has 2 heterocycles. The zero-order valence-corrected chi connectivity index (χ0v) is 7.23. The first-order chi connectivity index (χ1) is 6.38. The van der Waals surface area contributed by atoms with Gasteiger partial charge in [0.1, 0.15) is 11.4 Å². The molecule has 2 N–H and O–H groups in total. The van der Waals surface area contributed by atoms with Crippen molar-refractivity contribution in [1.82, 2.24) is 10.3 Å². The summed E-state index contributed by atoms with van der Waals surface area (Å²) in [6.07, 6.45) is 1.67. The molecule has 1 saturated heterocycles. The molecule has 2 rings (SSSR count). The molecule has 1 aliphatic rings. The van der Waals surface area contributed by atoms with Crippen LogP contribution in [0.4, 0.5) is 0 Å². The van der Waals surface area contributed by atoms with Crippen molar-refractivity contribution >= 4 is 0 Å². The van der Waals surface area contributed by atoms with E-state index in [0.717, 1.165) is 13.2 Å². The molecule has 70 valence electrons. The summed E-state index contributed by atoms with van der Waals surface area (Å²) in [5.74, 6) is 0.227. The minimum atomic E-state index is 0.0231. The van der Waals surface area contributed by atoms with Crippen LogP contribution < -0.4 is 5.32 Å². The van der Waals surface area contributed by atoms with Crippen LogP contribution in [0, 0.1) is 0 Å². The summed E-state index contributed by atoms with van der Waals surface area (Å²) in [4.78, 5) is 4.11. The highest BCUT2D eigenvalue weighted by molar-refractivity contribution is 5.28. The minimum absolute atomic E-state index is 0.0231. The number of aromatic nitrogens is 1. The summed E-state index contributed by atoms with van der Waals surface area (Å²) in [7, 11) is 0. The van der Waals surface area contributed by atoms with Gasteiger partial charge >= 0.3 is 0 Å². The zero-order chi connectivity index (χ0) is 9.10. The Morgan fingerprint density at radius 2 is 2.54 bits per heavy atom. The highest BCUT2D eigenvalue weighted by Crippen LogP contribution is 2.22. The maximum absolute atomic E-state index is 9.50. The van der Waals surface area contributed by atoms with E-state index in [2.05, 4.69) is 10.3 Å². The van der Waals surface area contributed by atoms with Gasteiger partial charge in [-0.25, -0.2) is 0 Å². The smallest absolute Gasteiger partial charge is 0.138 e. The van der Waals surface area contributed by atoms with Crippen LogP contribution >= 0.6 is 0 Å². The molecule has 13 heavy (non-hydrogen) atoms. The summed E-state index contributed by atoms with van der Waals surface area (Å²) in [5.41, 5.74) is 0.669. The second-order valence-corrected chi connectivity index (χ2v) is 2.99. The Kier molecular flexibility index (Phi) is 2.42. The summed E-state index contributed by atoms with van der Waals surface area (Å²) >= 11 is 0. The van der Waals surface area contributed by atoms with Crippen LogP contribution in [-0.2, 0) is 4.74 Å². The number of nitrogens with zero attached hydrogens (tertiary/aromatic N) is 1. The number of pyridine rings is 1. The maximum atomic E-state index is 9.50. The van der Waals surface area contributed by atoms with E-state index >= 15 is 0 Å². The first kappa shape index (κ1) is 8.47. The Hall–Kier alpha value is -1.13. The lowest BCUT2D eigenvalue weighted by Gasteiger charge is -2.23. The lowest BCUT2D eigenvalue weighted by atomic mass is 10.1. The quantitative estimate of drug-likeness (QED) is 0.658. The van der Waals surface area contributed by atoms with Gasteiger partial charge in [0.15, 0.2) is 0 Å². The lowest BCUT2D eigenvalue weighted by Crippen LogP contribution is -2.35. The standard InChI is InChI=1S/C9H12N2O2/c12-8-2-1-3-11-9(8)7-6-13-5-4-10-7/h1-3,7,10,12H,4-6H2. The molecule has 0 aromatic carbocycles. The molecule has 1 atom stereocenters. The molecule has 0 spiro atoms. The fraction of sp³-hybridized carbons (Fsp3) is 0.444. The Bertz CT molecular complexity index is 285. The van der Waals surface area contributed by atoms with Gasteiger partial charge in [-0.15, -0.1) is 0 Å². The van der Waals surface area contributed by atoms with E-state index in [4.69, 9.17) is 4.74 Å². The number of morpholine rings is 1. The summed E-state index contributed by atoms with van der Waals surface area (Å²) in [5, 5.41) is 12.7. The Labute approximate surface area is 76.6 Å². The maximum Gasteiger partial charge on any atom is 0.138 e. The van der Waals surface area contributed by atoms with Gasteiger partial charge in [0.05, 0.1) is 19.3 Å². The highest BCUT2D eigenvalue weighted by atomic mass is 16.5. The van der Waals surface area contributed by atoms with Crippen LogP contribution in [0.2, 0.25) is 0 Å². The van der Waals surface area contributed by atoms with Gasteiger partial charge in [-0.05, 0) is 12.1 Å². The number of aromatic hydroxyl groups is 1. The van der Waals surface area contributed by atoms with Crippen molar-refractivity contribution in [3.8, 4) is 5.75 Å². The molecule has 1 aromatic rings. The van der Waals surface area contributed by atoms with E-state index in [0.29, 0.717) is 12.3 Å². The molecule has 0 aliphatic carbocycles. The van der Waals surface area contributed by atoms with E-state index < -0.39 is 0 Å². The average Bonchev–Trinajstić information content (AvgIpc) is 2.20. The second-order valence-electron chi connectivity index (χ2n) is 2.99. The molecule has 4 nitrogen and oxygen atoms in total. The molecular formula is C9H12N2O2. The number of rotatable bonds is 1. The number of hydrogen-bond acceptors (Lipinski definition) is 4. The normalized spacial score (nSPS) is 22.9. The summed E-state index contributed by atoms with van der Waals surface area (Å²) < 4.78 is 5.28. The van der Waals surface area contributed by atoms with Crippen molar-refractivity contribution in [2.75, 3.05) is 19.8 Å². The molecule has 4 heteroatoms. The van der Waals surface area contributed by atoms with Gasteiger partial charge in [-0.2, -0.15) is 0 Å².